The second-order valence-corrected chi connectivity index (χ2v) is 9.81. The Kier molecular flexibility index (Phi) is 6.81. The highest BCUT2D eigenvalue weighted by molar-refractivity contribution is 6.06. The summed E-state index contributed by atoms with van der Waals surface area (Å²) in [6.45, 7) is 5.96. The first-order valence-electron chi connectivity index (χ1n) is 12.5. The van der Waals surface area contributed by atoms with Crippen LogP contribution in [0.15, 0.2) is 30.5 Å². The number of ketones is 1. The molecule has 12 heteroatoms. The highest BCUT2D eigenvalue weighted by Gasteiger charge is 2.33. The summed E-state index contributed by atoms with van der Waals surface area (Å²) < 4.78 is 27.6. The third kappa shape index (κ3) is 4.71. The van der Waals surface area contributed by atoms with Crippen molar-refractivity contribution in [1.29, 1.82) is 0 Å². The minimum atomic E-state index is -0.942. The van der Waals surface area contributed by atoms with Crippen LogP contribution in [0, 0.1) is 5.82 Å². The lowest BCUT2D eigenvalue weighted by Gasteiger charge is -2.44. The van der Waals surface area contributed by atoms with Crippen LogP contribution in [0.1, 0.15) is 31.3 Å². The highest BCUT2D eigenvalue weighted by atomic mass is 19.1. The third-order valence-electron chi connectivity index (χ3n) is 6.89. The van der Waals surface area contributed by atoms with Gasteiger partial charge in [-0.15, -0.1) is 0 Å². The number of aryl methyl sites for hydroxylation is 1. The van der Waals surface area contributed by atoms with Gasteiger partial charge in [0.1, 0.15) is 11.2 Å². The van der Waals surface area contributed by atoms with Gasteiger partial charge in [-0.3, -0.25) is 14.4 Å². The molecule has 39 heavy (non-hydrogen) atoms. The molecule has 1 fully saturated rings. The molecule has 1 amide bonds. The second-order valence-electron chi connectivity index (χ2n) is 9.81. The van der Waals surface area contributed by atoms with E-state index >= 15 is 4.39 Å². The van der Waals surface area contributed by atoms with Crippen molar-refractivity contribution in [2.45, 2.75) is 32.9 Å². The second kappa shape index (κ2) is 10.1. The Morgan fingerprint density at radius 1 is 1.15 bits per heavy atom. The molecule has 11 nitrogen and oxygen atoms in total. The molecule has 1 saturated heterocycles. The Labute approximate surface area is 223 Å². The Morgan fingerprint density at radius 2 is 1.87 bits per heavy atom. The maximum atomic E-state index is 15.5. The van der Waals surface area contributed by atoms with Crippen molar-refractivity contribution in [2.75, 3.05) is 31.9 Å². The number of rotatable bonds is 6. The fourth-order valence-corrected chi connectivity index (χ4v) is 5.27. The molecule has 2 aromatic heterocycles. The van der Waals surface area contributed by atoms with Crippen molar-refractivity contribution in [1.82, 2.24) is 24.6 Å². The molecule has 3 heterocycles. The van der Waals surface area contributed by atoms with Gasteiger partial charge in [-0.2, -0.15) is 5.10 Å². The Hall–Kier alpha value is -4.32. The van der Waals surface area contributed by atoms with Crippen LogP contribution in [-0.2, 0) is 11.8 Å². The Balaban J connectivity index is 1.62. The average molecular weight is 537 g/mol. The minimum Gasteiger partial charge on any atom is -0.465 e. The van der Waals surface area contributed by atoms with Crippen molar-refractivity contribution in [3.8, 4) is 17.1 Å². The molecule has 2 atom stereocenters. The minimum absolute atomic E-state index is 0.118. The van der Waals surface area contributed by atoms with E-state index in [0.717, 1.165) is 5.69 Å². The van der Waals surface area contributed by atoms with Crippen molar-refractivity contribution in [3.05, 3.63) is 42.0 Å². The van der Waals surface area contributed by atoms with Crippen LogP contribution >= 0.6 is 0 Å². The first kappa shape index (κ1) is 26.3. The number of nitrogens with zero attached hydrogens (tertiary/aromatic N) is 6. The summed E-state index contributed by atoms with van der Waals surface area (Å²) in [5.74, 6) is -0.936. The third-order valence-corrected chi connectivity index (χ3v) is 6.89. The molecular formula is C27H29FN6O5. The van der Waals surface area contributed by atoms with Crippen LogP contribution < -0.4 is 9.64 Å². The maximum Gasteiger partial charge on any atom is 0.407 e. The van der Waals surface area contributed by atoms with Crippen LogP contribution in [-0.4, -0.2) is 80.7 Å². The van der Waals surface area contributed by atoms with Crippen molar-refractivity contribution < 1.29 is 28.6 Å². The number of piperazine rings is 1. The monoisotopic (exact) mass is 536 g/mol. The fourth-order valence-electron chi connectivity index (χ4n) is 5.27. The van der Waals surface area contributed by atoms with Gasteiger partial charge in [-0.25, -0.2) is 19.2 Å². The van der Waals surface area contributed by atoms with Gasteiger partial charge in [0, 0.05) is 56.8 Å². The lowest BCUT2D eigenvalue weighted by molar-refractivity contribution is 0.0489. The zero-order chi connectivity index (χ0) is 28.0. The quantitative estimate of drug-likeness (QED) is 0.287. The highest BCUT2D eigenvalue weighted by Crippen LogP contribution is 2.37. The molecule has 4 aromatic rings. The van der Waals surface area contributed by atoms with Gasteiger partial charge in [0.05, 0.1) is 23.2 Å². The van der Waals surface area contributed by atoms with E-state index in [4.69, 9.17) is 9.47 Å². The summed E-state index contributed by atoms with van der Waals surface area (Å²) >= 11 is 0. The number of carbonyl (C=O) groups excluding carboxylic acids is 1. The van der Waals surface area contributed by atoms with E-state index < -0.39 is 11.9 Å². The predicted octanol–water partition coefficient (Wildman–Crippen LogP) is 4.08. The maximum absolute atomic E-state index is 15.5. The lowest BCUT2D eigenvalue weighted by atomic mass is 10.0. The van der Waals surface area contributed by atoms with Crippen LogP contribution in [0.5, 0.6) is 5.75 Å². The van der Waals surface area contributed by atoms with Crippen LogP contribution in [0.4, 0.5) is 14.9 Å². The van der Waals surface area contributed by atoms with Crippen LogP contribution in [0.3, 0.4) is 0 Å². The van der Waals surface area contributed by atoms with Crippen molar-refractivity contribution in [2.24, 2.45) is 7.05 Å². The zero-order valence-corrected chi connectivity index (χ0v) is 22.3. The van der Waals surface area contributed by atoms with Gasteiger partial charge in [0.15, 0.2) is 30.0 Å². The summed E-state index contributed by atoms with van der Waals surface area (Å²) in [5.41, 5.74) is 1.93. The van der Waals surface area contributed by atoms with E-state index in [1.807, 2.05) is 26.0 Å². The number of hydrogen-bond acceptors (Lipinski definition) is 8. The van der Waals surface area contributed by atoms with Gasteiger partial charge < -0.3 is 19.5 Å². The number of amides is 1. The van der Waals surface area contributed by atoms with Gasteiger partial charge in [-0.05, 0) is 38.1 Å². The topological polar surface area (TPSA) is 123 Å². The van der Waals surface area contributed by atoms with Gasteiger partial charge >= 0.3 is 6.09 Å². The van der Waals surface area contributed by atoms with Crippen LogP contribution in [0.2, 0.25) is 0 Å². The number of hydrogen-bond donors (Lipinski definition) is 1. The molecule has 0 aliphatic carbocycles. The normalized spacial score (nSPS) is 17.7. The molecular weight excluding hydrogens is 507 g/mol. The van der Waals surface area contributed by atoms with Gasteiger partial charge in [0.2, 0.25) is 0 Å². The molecule has 0 unspecified atom stereocenters. The molecule has 1 aliphatic heterocycles. The molecule has 2 aromatic carbocycles. The molecule has 204 valence electrons. The number of fused-ring (bicyclic) bond motifs is 2. The number of carboxylic acid groups (broad SMARTS) is 1. The number of anilines is 1. The number of aromatic nitrogens is 4. The number of Topliss-reactive ketones (excluding diaryl/α,β-unsaturated/α-hetero) is 1. The van der Waals surface area contributed by atoms with Crippen molar-refractivity contribution in [3.63, 3.8) is 0 Å². The smallest absolute Gasteiger partial charge is 0.407 e. The molecule has 1 N–H and O–H groups in total. The van der Waals surface area contributed by atoms with E-state index in [0.29, 0.717) is 29.4 Å². The summed E-state index contributed by atoms with van der Waals surface area (Å²) in [7, 11) is 3.12. The van der Waals surface area contributed by atoms with E-state index in [2.05, 4.69) is 20.0 Å². The standard InChI is InChI=1S/C27H29FN6O5/c1-14-10-33(11-15(2)34(14)27(36)37)18-6-7-21-19(9-18)23(16(3)35)30-26(29-21)20-8-17-12-32(4)31-24(17)22(28)25(20)39-13-38-5/h6-9,12,14-15H,10-11,13H2,1-5H3,(H,36,37)/t14-,15+. The zero-order valence-electron chi connectivity index (χ0n) is 22.3. The average Bonchev–Trinajstić information content (AvgIpc) is 3.26. The summed E-state index contributed by atoms with van der Waals surface area (Å²) in [6.07, 6.45) is 0.732. The summed E-state index contributed by atoms with van der Waals surface area (Å²) in [6, 6.07) is 6.77. The number of carbonyl (C=O) groups is 2. The van der Waals surface area contributed by atoms with Gasteiger partial charge in [0.25, 0.3) is 0 Å². The largest absolute Gasteiger partial charge is 0.465 e. The number of halogens is 1. The first-order chi connectivity index (χ1) is 18.6. The number of methoxy groups -OCH3 is 1. The van der Waals surface area contributed by atoms with E-state index in [1.54, 1.807) is 25.4 Å². The van der Waals surface area contributed by atoms with Gasteiger partial charge in [-0.1, -0.05) is 0 Å². The molecule has 0 saturated carbocycles. The van der Waals surface area contributed by atoms with E-state index in [9.17, 15) is 14.7 Å². The van der Waals surface area contributed by atoms with Crippen molar-refractivity contribution >= 4 is 39.4 Å². The molecule has 0 spiro atoms. The SMILES string of the molecule is COCOc1c(-c2nc(C(C)=O)c3cc(N4C[C@@H](C)N(C(=O)O)[C@@H](C)C4)ccc3n2)cc2cn(C)nc2c1F. The summed E-state index contributed by atoms with van der Waals surface area (Å²) in [5, 5.41) is 14.8. The fraction of sp³-hybridized carbons (Fsp3) is 0.370. The van der Waals surface area contributed by atoms with E-state index in [-0.39, 0.29) is 53.0 Å². The Morgan fingerprint density at radius 3 is 2.51 bits per heavy atom. The summed E-state index contributed by atoms with van der Waals surface area (Å²) in [4.78, 5) is 37.2. The predicted molar refractivity (Wildman–Crippen MR) is 143 cm³/mol. The number of ether oxygens (including phenoxy) is 2. The molecule has 5 rings (SSSR count). The molecule has 0 radical (unpaired) electrons. The molecule has 1 aliphatic rings. The Bertz CT molecular complexity index is 1590. The van der Waals surface area contributed by atoms with Crippen LogP contribution in [0.25, 0.3) is 33.2 Å². The lowest BCUT2D eigenvalue weighted by Crippen LogP contribution is -2.58. The van der Waals surface area contributed by atoms with E-state index in [1.165, 1.54) is 23.6 Å². The number of benzene rings is 2. The molecule has 0 bridgehead atoms. The first-order valence-corrected chi connectivity index (χ1v) is 12.5.